The Kier molecular flexibility index (Phi) is 5.87. The molecule has 1 aromatic rings. The third-order valence-electron chi connectivity index (χ3n) is 3.74. The smallest absolute Gasteiger partial charge is 0.0670 e. The average molecular weight is 341 g/mol. The van der Waals surface area contributed by atoms with Crippen LogP contribution >= 0.6 is 15.9 Å². The summed E-state index contributed by atoms with van der Waals surface area (Å²) in [5, 5.41) is 3.54. The van der Waals surface area contributed by atoms with Gasteiger partial charge in [-0.2, -0.15) is 0 Å². The summed E-state index contributed by atoms with van der Waals surface area (Å²) in [6.07, 6.45) is 1.12. The first-order valence-corrected chi connectivity index (χ1v) is 8.17. The lowest BCUT2D eigenvalue weighted by molar-refractivity contribution is 0.193. The number of hydrogen-bond donors (Lipinski definition) is 1. The molecule has 4 heteroatoms. The van der Waals surface area contributed by atoms with Crippen LogP contribution in [0.4, 0.5) is 5.69 Å². The minimum atomic E-state index is 0.500. The van der Waals surface area contributed by atoms with Crippen LogP contribution in [-0.2, 0) is 11.3 Å². The van der Waals surface area contributed by atoms with Crippen molar-refractivity contribution < 1.29 is 4.74 Å². The van der Waals surface area contributed by atoms with Crippen molar-refractivity contribution in [3.63, 3.8) is 0 Å². The Balaban J connectivity index is 2.09. The van der Waals surface area contributed by atoms with Crippen LogP contribution in [0.25, 0.3) is 0 Å². The first-order valence-electron chi connectivity index (χ1n) is 7.37. The summed E-state index contributed by atoms with van der Waals surface area (Å²) in [6, 6.07) is 7.04. The molecule has 0 aromatic heterocycles. The highest BCUT2D eigenvalue weighted by Gasteiger charge is 2.22. The summed E-state index contributed by atoms with van der Waals surface area (Å²) in [4.78, 5) is 2.37. The molecule has 1 fully saturated rings. The molecule has 2 rings (SSSR count). The van der Waals surface area contributed by atoms with Crippen molar-refractivity contribution >= 4 is 21.6 Å². The highest BCUT2D eigenvalue weighted by Crippen LogP contribution is 2.27. The number of benzene rings is 1. The van der Waals surface area contributed by atoms with E-state index in [2.05, 4.69) is 65.2 Å². The molecule has 0 aliphatic carbocycles. The Morgan fingerprint density at radius 1 is 1.45 bits per heavy atom. The Morgan fingerprint density at radius 3 is 2.90 bits per heavy atom. The number of anilines is 1. The van der Waals surface area contributed by atoms with Gasteiger partial charge >= 0.3 is 0 Å². The van der Waals surface area contributed by atoms with E-state index in [1.165, 1.54) is 11.3 Å². The Bertz CT molecular complexity index is 430. The van der Waals surface area contributed by atoms with Crippen LogP contribution in [0.1, 0.15) is 25.8 Å². The number of nitrogens with one attached hydrogen (secondary N) is 1. The molecule has 1 N–H and O–H groups in total. The molecule has 0 amide bonds. The number of likely N-dealkylation sites (N-methyl/N-ethyl adjacent to an activating group) is 1. The lowest BCUT2D eigenvalue weighted by Gasteiger charge is -2.28. The second kappa shape index (κ2) is 7.43. The van der Waals surface area contributed by atoms with Gasteiger partial charge in [0.25, 0.3) is 0 Å². The van der Waals surface area contributed by atoms with E-state index in [0.717, 1.165) is 37.2 Å². The van der Waals surface area contributed by atoms with Crippen molar-refractivity contribution in [1.82, 2.24) is 5.32 Å². The molecule has 0 saturated carbocycles. The van der Waals surface area contributed by atoms with Crippen LogP contribution in [0.2, 0.25) is 0 Å². The van der Waals surface area contributed by atoms with Gasteiger partial charge < -0.3 is 15.0 Å². The van der Waals surface area contributed by atoms with E-state index in [0.29, 0.717) is 12.0 Å². The maximum Gasteiger partial charge on any atom is 0.0670 e. The van der Waals surface area contributed by atoms with Crippen molar-refractivity contribution in [2.45, 2.75) is 32.9 Å². The summed E-state index contributed by atoms with van der Waals surface area (Å²) in [7, 11) is 2.18. The largest absolute Gasteiger partial charge is 0.379 e. The Labute approximate surface area is 130 Å². The topological polar surface area (TPSA) is 24.5 Å². The summed E-state index contributed by atoms with van der Waals surface area (Å²) < 4.78 is 6.65. The molecule has 1 saturated heterocycles. The molecular formula is C16H25BrN2O. The molecule has 1 aliphatic rings. The highest BCUT2D eigenvalue weighted by atomic mass is 79.9. The number of hydrogen-bond acceptors (Lipinski definition) is 3. The van der Waals surface area contributed by atoms with E-state index in [9.17, 15) is 0 Å². The maximum absolute atomic E-state index is 5.51. The summed E-state index contributed by atoms with van der Waals surface area (Å²) in [5.74, 6) is 0.673. The Morgan fingerprint density at radius 2 is 2.25 bits per heavy atom. The first-order chi connectivity index (χ1) is 9.58. The normalized spacial score (nSPS) is 18.8. The number of halogens is 1. The summed E-state index contributed by atoms with van der Waals surface area (Å²) >= 11 is 3.58. The fourth-order valence-electron chi connectivity index (χ4n) is 2.56. The van der Waals surface area contributed by atoms with E-state index < -0.39 is 0 Å². The van der Waals surface area contributed by atoms with E-state index in [1.54, 1.807) is 0 Å². The zero-order valence-corrected chi connectivity index (χ0v) is 14.2. The molecule has 1 atom stereocenters. The highest BCUT2D eigenvalue weighted by molar-refractivity contribution is 9.10. The molecule has 0 radical (unpaired) electrons. The van der Waals surface area contributed by atoms with Gasteiger partial charge in [-0.15, -0.1) is 0 Å². The third-order valence-corrected chi connectivity index (χ3v) is 4.24. The summed E-state index contributed by atoms with van der Waals surface area (Å²) in [6.45, 7) is 8.14. The second-order valence-corrected chi connectivity index (χ2v) is 6.84. The molecule has 1 aromatic carbocycles. The van der Waals surface area contributed by atoms with Gasteiger partial charge in [-0.05, 0) is 42.6 Å². The third kappa shape index (κ3) is 4.21. The lowest BCUT2D eigenvalue weighted by atomic mass is 10.1. The van der Waals surface area contributed by atoms with E-state index >= 15 is 0 Å². The fraction of sp³-hybridized carbons (Fsp3) is 0.625. The number of rotatable bonds is 6. The molecule has 1 unspecified atom stereocenters. The van der Waals surface area contributed by atoms with Crippen molar-refractivity contribution in [2.75, 3.05) is 31.7 Å². The van der Waals surface area contributed by atoms with E-state index in [1.807, 2.05) is 0 Å². The molecule has 0 spiro atoms. The first kappa shape index (κ1) is 15.8. The van der Waals surface area contributed by atoms with Crippen LogP contribution < -0.4 is 10.2 Å². The minimum Gasteiger partial charge on any atom is -0.379 e. The van der Waals surface area contributed by atoms with Crippen LogP contribution in [0.15, 0.2) is 22.7 Å². The molecule has 1 aliphatic heterocycles. The lowest BCUT2D eigenvalue weighted by Crippen LogP contribution is -2.33. The SMILES string of the molecule is CC(C)CNCc1cc(Br)ccc1N(C)C1CCOC1. The predicted octanol–water partition coefficient (Wildman–Crippen LogP) is 3.42. The van der Waals surface area contributed by atoms with Crippen LogP contribution in [-0.4, -0.2) is 32.8 Å². The van der Waals surface area contributed by atoms with Gasteiger partial charge in [0, 0.05) is 30.4 Å². The summed E-state index contributed by atoms with van der Waals surface area (Å²) in [5.41, 5.74) is 2.65. The molecular weight excluding hydrogens is 316 g/mol. The minimum absolute atomic E-state index is 0.500. The number of nitrogens with zero attached hydrogens (tertiary/aromatic N) is 1. The number of ether oxygens (including phenoxy) is 1. The average Bonchev–Trinajstić information content (AvgIpc) is 2.91. The predicted molar refractivity (Wildman–Crippen MR) is 88.3 cm³/mol. The van der Waals surface area contributed by atoms with E-state index in [-0.39, 0.29) is 0 Å². The van der Waals surface area contributed by atoms with Crippen LogP contribution in [0.5, 0.6) is 0 Å². The maximum atomic E-state index is 5.51. The monoisotopic (exact) mass is 340 g/mol. The quantitative estimate of drug-likeness (QED) is 0.858. The van der Waals surface area contributed by atoms with Crippen LogP contribution in [0, 0.1) is 5.92 Å². The molecule has 20 heavy (non-hydrogen) atoms. The van der Waals surface area contributed by atoms with E-state index in [4.69, 9.17) is 4.74 Å². The zero-order chi connectivity index (χ0) is 14.5. The van der Waals surface area contributed by atoms with Gasteiger partial charge in [0.2, 0.25) is 0 Å². The van der Waals surface area contributed by atoms with Gasteiger partial charge in [-0.3, -0.25) is 0 Å². The standard InChI is InChI=1S/C16H25BrN2O/c1-12(2)9-18-10-13-8-14(17)4-5-16(13)19(3)15-6-7-20-11-15/h4-5,8,12,15,18H,6-7,9-11H2,1-3H3. The Hall–Kier alpha value is -0.580. The van der Waals surface area contributed by atoms with Crippen molar-refractivity contribution in [3.05, 3.63) is 28.2 Å². The second-order valence-electron chi connectivity index (χ2n) is 5.93. The molecule has 1 heterocycles. The van der Waals surface area contributed by atoms with Crippen molar-refractivity contribution in [2.24, 2.45) is 5.92 Å². The van der Waals surface area contributed by atoms with Crippen LogP contribution in [0.3, 0.4) is 0 Å². The van der Waals surface area contributed by atoms with Gasteiger partial charge in [0.15, 0.2) is 0 Å². The van der Waals surface area contributed by atoms with Gasteiger partial charge in [0.1, 0.15) is 0 Å². The van der Waals surface area contributed by atoms with Crippen molar-refractivity contribution in [1.29, 1.82) is 0 Å². The van der Waals surface area contributed by atoms with Gasteiger partial charge in [-0.25, -0.2) is 0 Å². The molecule has 112 valence electrons. The fourth-order valence-corrected chi connectivity index (χ4v) is 2.97. The van der Waals surface area contributed by atoms with Gasteiger partial charge in [-0.1, -0.05) is 29.8 Å². The van der Waals surface area contributed by atoms with Gasteiger partial charge in [0.05, 0.1) is 12.6 Å². The van der Waals surface area contributed by atoms with Crippen molar-refractivity contribution in [3.8, 4) is 0 Å². The zero-order valence-electron chi connectivity index (χ0n) is 12.7. The molecule has 3 nitrogen and oxygen atoms in total. The molecule has 0 bridgehead atoms.